The number of nitrogens with one attached hydrogen (secondary N) is 2. The van der Waals surface area contributed by atoms with Gasteiger partial charge in [0.25, 0.3) is 0 Å². The summed E-state index contributed by atoms with van der Waals surface area (Å²) < 4.78 is 13.5. The number of H-pyrrole nitrogens is 1. The van der Waals surface area contributed by atoms with Crippen LogP contribution in [0.2, 0.25) is 5.02 Å². The number of hydrogen-bond acceptors (Lipinski definition) is 5. The van der Waals surface area contributed by atoms with Crippen LogP contribution in [-0.4, -0.2) is 25.6 Å². The van der Waals surface area contributed by atoms with Crippen molar-refractivity contribution >= 4 is 33.9 Å². The molecule has 30 heavy (non-hydrogen) atoms. The van der Waals surface area contributed by atoms with Crippen LogP contribution in [-0.2, 0) is 0 Å². The topological polar surface area (TPSA) is 79.4 Å². The van der Waals surface area contributed by atoms with E-state index in [0.717, 1.165) is 33.3 Å². The van der Waals surface area contributed by atoms with E-state index >= 15 is 0 Å². The van der Waals surface area contributed by atoms with Gasteiger partial charge in [-0.25, -0.2) is 4.39 Å². The summed E-state index contributed by atoms with van der Waals surface area (Å²) in [4.78, 5) is 4.45. The lowest BCUT2D eigenvalue weighted by Gasteiger charge is -2.12. The molecule has 5 rings (SSSR count). The third-order valence-electron chi connectivity index (χ3n) is 4.74. The molecule has 0 atom stereocenters. The van der Waals surface area contributed by atoms with Gasteiger partial charge < -0.3 is 5.32 Å². The standard InChI is InChI=1S/C22H14ClFN6/c23-18-12-16(5-6-19(18)24)26-21-8-9-25-20-7-4-14(11-17(20)21)13-2-1-3-15(10-13)22-27-29-30-28-22/h1-12H,(H,25,26)(H,27,28,29,30). The molecule has 0 amide bonds. The maximum Gasteiger partial charge on any atom is 0.204 e. The number of aromatic nitrogens is 5. The second-order valence-corrected chi connectivity index (χ2v) is 7.07. The fourth-order valence-corrected chi connectivity index (χ4v) is 3.47. The summed E-state index contributed by atoms with van der Waals surface area (Å²) in [6.07, 6.45) is 1.73. The van der Waals surface area contributed by atoms with Crippen LogP contribution in [0.25, 0.3) is 33.4 Å². The Kier molecular flexibility index (Phi) is 4.57. The molecule has 0 unspecified atom stereocenters. The molecule has 2 heterocycles. The van der Waals surface area contributed by atoms with Crippen LogP contribution < -0.4 is 5.32 Å². The lowest BCUT2D eigenvalue weighted by atomic mass is 10.0. The summed E-state index contributed by atoms with van der Waals surface area (Å²) in [5, 5.41) is 18.5. The molecule has 0 spiro atoms. The number of aromatic amines is 1. The normalized spacial score (nSPS) is 11.0. The van der Waals surface area contributed by atoms with Gasteiger partial charge in [0.15, 0.2) is 0 Å². The first-order chi connectivity index (χ1) is 14.7. The second-order valence-electron chi connectivity index (χ2n) is 6.66. The Morgan fingerprint density at radius 1 is 0.900 bits per heavy atom. The van der Waals surface area contributed by atoms with Crippen LogP contribution in [0.5, 0.6) is 0 Å². The fraction of sp³-hybridized carbons (Fsp3) is 0. The maximum absolute atomic E-state index is 13.5. The van der Waals surface area contributed by atoms with Crippen LogP contribution in [0, 0.1) is 5.82 Å². The Balaban J connectivity index is 1.56. The second kappa shape index (κ2) is 7.53. The van der Waals surface area contributed by atoms with E-state index in [1.54, 1.807) is 18.3 Å². The zero-order valence-electron chi connectivity index (χ0n) is 15.5. The van der Waals surface area contributed by atoms with Crippen LogP contribution in [0.4, 0.5) is 15.8 Å². The number of anilines is 2. The number of nitrogens with zero attached hydrogens (tertiary/aromatic N) is 4. The van der Waals surface area contributed by atoms with Crippen LogP contribution in [0.3, 0.4) is 0 Å². The first-order valence-electron chi connectivity index (χ1n) is 9.12. The summed E-state index contributed by atoms with van der Waals surface area (Å²) in [6.45, 7) is 0. The van der Waals surface area contributed by atoms with Gasteiger partial charge in [-0.15, -0.1) is 10.2 Å². The van der Waals surface area contributed by atoms with Crippen LogP contribution in [0.1, 0.15) is 0 Å². The minimum Gasteiger partial charge on any atom is -0.355 e. The van der Waals surface area contributed by atoms with Crippen LogP contribution in [0.15, 0.2) is 72.9 Å². The molecule has 0 aliphatic carbocycles. The van der Waals surface area contributed by atoms with Gasteiger partial charge in [0.2, 0.25) is 5.82 Å². The molecule has 0 radical (unpaired) electrons. The predicted molar refractivity (Wildman–Crippen MR) is 115 cm³/mol. The van der Waals surface area contributed by atoms with E-state index in [9.17, 15) is 4.39 Å². The van der Waals surface area contributed by atoms with Gasteiger partial charge in [-0.2, -0.15) is 5.21 Å². The molecule has 0 aliphatic heterocycles. The summed E-state index contributed by atoms with van der Waals surface area (Å²) >= 11 is 5.92. The number of pyridine rings is 1. The minimum atomic E-state index is -0.453. The van der Waals surface area contributed by atoms with E-state index in [-0.39, 0.29) is 5.02 Å². The molecule has 3 aromatic carbocycles. The first kappa shape index (κ1) is 18.2. The Bertz CT molecular complexity index is 1350. The molecule has 2 N–H and O–H groups in total. The number of halogens is 2. The van der Waals surface area contributed by atoms with Gasteiger partial charge in [0.1, 0.15) is 5.82 Å². The molecule has 8 heteroatoms. The molecule has 0 aliphatic rings. The van der Waals surface area contributed by atoms with Crippen molar-refractivity contribution < 1.29 is 4.39 Å². The van der Waals surface area contributed by atoms with E-state index in [1.165, 1.54) is 6.07 Å². The number of fused-ring (bicyclic) bond motifs is 1. The monoisotopic (exact) mass is 416 g/mol. The number of benzene rings is 3. The van der Waals surface area contributed by atoms with E-state index < -0.39 is 5.82 Å². The summed E-state index contributed by atoms with van der Waals surface area (Å²) in [5.74, 6) is 0.0837. The van der Waals surface area contributed by atoms with Crippen molar-refractivity contribution in [3.63, 3.8) is 0 Å². The molecule has 5 aromatic rings. The van der Waals surface area contributed by atoms with Gasteiger partial charge in [-0.1, -0.05) is 35.9 Å². The highest BCUT2D eigenvalue weighted by Crippen LogP contribution is 2.32. The van der Waals surface area contributed by atoms with Crippen molar-refractivity contribution in [3.8, 4) is 22.5 Å². The molecular weight excluding hydrogens is 403 g/mol. The molecule has 0 fully saturated rings. The van der Waals surface area contributed by atoms with Crippen molar-refractivity contribution in [3.05, 3.63) is 83.8 Å². The zero-order chi connectivity index (χ0) is 20.5. The average Bonchev–Trinajstić information content (AvgIpc) is 3.31. The smallest absolute Gasteiger partial charge is 0.204 e. The number of rotatable bonds is 4. The fourth-order valence-electron chi connectivity index (χ4n) is 3.29. The predicted octanol–water partition coefficient (Wildman–Crippen LogP) is 5.62. The maximum atomic E-state index is 13.5. The average molecular weight is 417 g/mol. The first-order valence-corrected chi connectivity index (χ1v) is 9.50. The third-order valence-corrected chi connectivity index (χ3v) is 5.03. The van der Waals surface area contributed by atoms with Gasteiger partial charge in [0.05, 0.1) is 10.5 Å². The molecule has 0 saturated carbocycles. The van der Waals surface area contributed by atoms with Gasteiger partial charge >= 0.3 is 0 Å². The highest BCUT2D eigenvalue weighted by molar-refractivity contribution is 6.31. The SMILES string of the molecule is Fc1ccc(Nc2ccnc3ccc(-c4cccc(-c5nn[nH]n5)c4)cc23)cc1Cl. The summed E-state index contributed by atoms with van der Waals surface area (Å²) in [5.41, 5.74) is 5.27. The lowest BCUT2D eigenvalue weighted by molar-refractivity contribution is 0.628. The molecule has 0 bridgehead atoms. The Morgan fingerprint density at radius 3 is 2.60 bits per heavy atom. The minimum absolute atomic E-state index is 0.0670. The van der Waals surface area contributed by atoms with Gasteiger partial charge in [-0.05, 0) is 58.8 Å². The van der Waals surface area contributed by atoms with Crippen molar-refractivity contribution in [2.24, 2.45) is 0 Å². The third kappa shape index (κ3) is 3.46. The lowest BCUT2D eigenvalue weighted by Crippen LogP contribution is -1.94. The van der Waals surface area contributed by atoms with E-state index in [4.69, 9.17) is 11.6 Å². The largest absolute Gasteiger partial charge is 0.355 e. The summed E-state index contributed by atoms with van der Waals surface area (Å²) in [7, 11) is 0. The van der Waals surface area contributed by atoms with Gasteiger partial charge in [-0.3, -0.25) is 4.98 Å². The number of hydrogen-bond donors (Lipinski definition) is 2. The number of tetrazole rings is 1. The summed E-state index contributed by atoms with van der Waals surface area (Å²) in [6, 6.07) is 20.4. The van der Waals surface area contributed by atoms with Crippen molar-refractivity contribution in [2.75, 3.05) is 5.32 Å². The molecule has 146 valence electrons. The Hall–Kier alpha value is -3.84. The molecule has 0 saturated heterocycles. The molecular formula is C22H14ClFN6. The van der Waals surface area contributed by atoms with Crippen LogP contribution >= 0.6 is 11.6 Å². The highest BCUT2D eigenvalue weighted by Gasteiger charge is 2.09. The highest BCUT2D eigenvalue weighted by atomic mass is 35.5. The Labute approximate surface area is 175 Å². The van der Waals surface area contributed by atoms with E-state index in [2.05, 4.69) is 37.0 Å². The van der Waals surface area contributed by atoms with Gasteiger partial charge in [0, 0.05) is 28.5 Å². The molecule has 6 nitrogen and oxygen atoms in total. The van der Waals surface area contributed by atoms with E-state index in [1.807, 2.05) is 42.5 Å². The van der Waals surface area contributed by atoms with Crippen molar-refractivity contribution in [1.82, 2.24) is 25.6 Å². The van der Waals surface area contributed by atoms with Crippen molar-refractivity contribution in [1.29, 1.82) is 0 Å². The zero-order valence-corrected chi connectivity index (χ0v) is 16.2. The van der Waals surface area contributed by atoms with E-state index in [0.29, 0.717) is 11.5 Å². The Morgan fingerprint density at radius 2 is 1.77 bits per heavy atom. The quantitative estimate of drug-likeness (QED) is 0.397. The van der Waals surface area contributed by atoms with Crippen molar-refractivity contribution in [2.45, 2.75) is 0 Å². The molecule has 2 aromatic heterocycles.